The smallest absolute Gasteiger partial charge is 0.0892 e. The SMILES string of the molecule is Clc1ccc(-c2c[c]ncc2)cc1Cl. The maximum absolute atomic E-state index is 5.91. The quantitative estimate of drug-likeness (QED) is 0.715. The van der Waals surface area contributed by atoms with Gasteiger partial charge in [-0.25, -0.2) is 0 Å². The van der Waals surface area contributed by atoms with Crippen molar-refractivity contribution >= 4 is 23.2 Å². The summed E-state index contributed by atoms with van der Waals surface area (Å²) in [5.41, 5.74) is 2.04. The molecule has 2 rings (SSSR count). The highest BCUT2D eigenvalue weighted by Gasteiger charge is 2.00. The second-order valence-electron chi connectivity index (χ2n) is 2.80. The van der Waals surface area contributed by atoms with Crippen LogP contribution in [0.25, 0.3) is 11.1 Å². The first-order valence-corrected chi connectivity index (χ1v) is 4.80. The van der Waals surface area contributed by atoms with Crippen LogP contribution in [0.15, 0.2) is 36.5 Å². The fourth-order valence-electron chi connectivity index (χ4n) is 1.17. The van der Waals surface area contributed by atoms with Gasteiger partial charge in [0, 0.05) is 6.20 Å². The van der Waals surface area contributed by atoms with Crippen molar-refractivity contribution in [2.45, 2.75) is 0 Å². The van der Waals surface area contributed by atoms with Crippen LogP contribution in [0.2, 0.25) is 10.0 Å². The largest absolute Gasteiger partial charge is 0.255 e. The number of halogens is 2. The number of rotatable bonds is 1. The third-order valence-corrected chi connectivity index (χ3v) is 2.62. The lowest BCUT2D eigenvalue weighted by atomic mass is 10.1. The van der Waals surface area contributed by atoms with Crippen molar-refractivity contribution in [2.75, 3.05) is 0 Å². The summed E-state index contributed by atoms with van der Waals surface area (Å²) in [6.45, 7) is 0. The van der Waals surface area contributed by atoms with Crippen molar-refractivity contribution < 1.29 is 0 Å². The Morgan fingerprint density at radius 1 is 1.00 bits per heavy atom. The minimum Gasteiger partial charge on any atom is -0.255 e. The van der Waals surface area contributed by atoms with Crippen LogP contribution in [0.1, 0.15) is 0 Å². The van der Waals surface area contributed by atoms with E-state index in [1.807, 2.05) is 18.2 Å². The van der Waals surface area contributed by atoms with E-state index in [4.69, 9.17) is 23.2 Å². The standard InChI is InChI=1S/C11H6Cl2N/c12-10-2-1-9(7-11(10)13)8-3-5-14-6-4-8/h1-5,7H. The monoisotopic (exact) mass is 222 g/mol. The molecule has 0 fully saturated rings. The van der Waals surface area contributed by atoms with Crippen molar-refractivity contribution in [2.24, 2.45) is 0 Å². The molecule has 0 aliphatic rings. The lowest BCUT2D eigenvalue weighted by molar-refractivity contribution is 1.31. The Bertz CT molecular complexity index is 440. The van der Waals surface area contributed by atoms with Gasteiger partial charge in [-0.15, -0.1) is 0 Å². The van der Waals surface area contributed by atoms with Gasteiger partial charge in [0.2, 0.25) is 0 Å². The molecule has 0 atom stereocenters. The minimum absolute atomic E-state index is 0.556. The molecule has 0 unspecified atom stereocenters. The lowest BCUT2D eigenvalue weighted by Gasteiger charge is -2.02. The van der Waals surface area contributed by atoms with E-state index >= 15 is 0 Å². The predicted octanol–water partition coefficient (Wildman–Crippen LogP) is 3.86. The topological polar surface area (TPSA) is 12.9 Å². The molecule has 2 aromatic rings. The van der Waals surface area contributed by atoms with Crippen LogP contribution in [0.5, 0.6) is 0 Å². The third-order valence-electron chi connectivity index (χ3n) is 1.88. The van der Waals surface area contributed by atoms with E-state index in [-0.39, 0.29) is 0 Å². The number of aromatic nitrogens is 1. The molecule has 0 bridgehead atoms. The molecule has 0 saturated carbocycles. The van der Waals surface area contributed by atoms with E-state index in [2.05, 4.69) is 11.2 Å². The average Bonchev–Trinajstić information content (AvgIpc) is 2.23. The summed E-state index contributed by atoms with van der Waals surface area (Å²) in [6.07, 6.45) is 4.46. The summed E-state index contributed by atoms with van der Waals surface area (Å²) in [5, 5.41) is 1.12. The van der Waals surface area contributed by atoms with Gasteiger partial charge in [-0.1, -0.05) is 29.3 Å². The van der Waals surface area contributed by atoms with Crippen molar-refractivity contribution in [3.63, 3.8) is 0 Å². The zero-order valence-corrected chi connectivity index (χ0v) is 8.68. The van der Waals surface area contributed by atoms with Crippen molar-refractivity contribution in [3.05, 3.63) is 52.8 Å². The summed E-state index contributed by atoms with van der Waals surface area (Å²) in [7, 11) is 0. The molecule has 1 radical (unpaired) electrons. The molecule has 0 spiro atoms. The third kappa shape index (κ3) is 1.89. The van der Waals surface area contributed by atoms with Crippen LogP contribution in [0.4, 0.5) is 0 Å². The number of benzene rings is 1. The van der Waals surface area contributed by atoms with Gasteiger partial charge in [-0.3, -0.25) is 4.98 Å². The van der Waals surface area contributed by atoms with Gasteiger partial charge >= 0.3 is 0 Å². The van der Waals surface area contributed by atoms with Crippen LogP contribution < -0.4 is 0 Å². The molecular formula is C11H6Cl2N. The fraction of sp³-hybridized carbons (Fsp3) is 0. The zero-order chi connectivity index (χ0) is 9.97. The van der Waals surface area contributed by atoms with Gasteiger partial charge in [0.05, 0.1) is 16.2 Å². The molecule has 69 valence electrons. The number of nitrogens with zero attached hydrogens (tertiary/aromatic N) is 1. The number of hydrogen-bond acceptors (Lipinski definition) is 1. The van der Waals surface area contributed by atoms with E-state index in [0.717, 1.165) is 11.1 Å². The van der Waals surface area contributed by atoms with Gasteiger partial charge in [0.15, 0.2) is 0 Å². The molecule has 0 amide bonds. The molecule has 0 aliphatic carbocycles. The maximum Gasteiger partial charge on any atom is 0.0892 e. The molecule has 1 heterocycles. The minimum atomic E-state index is 0.556. The van der Waals surface area contributed by atoms with Crippen LogP contribution >= 0.6 is 23.2 Å². The van der Waals surface area contributed by atoms with Crippen LogP contribution in [0.3, 0.4) is 0 Å². The zero-order valence-electron chi connectivity index (χ0n) is 7.17. The van der Waals surface area contributed by atoms with Gasteiger partial charge in [0.1, 0.15) is 0 Å². The number of pyridine rings is 1. The van der Waals surface area contributed by atoms with E-state index in [1.54, 1.807) is 18.3 Å². The second kappa shape index (κ2) is 3.99. The second-order valence-corrected chi connectivity index (χ2v) is 3.62. The van der Waals surface area contributed by atoms with Gasteiger partial charge in [0.25, 0.3) is 0 Å². The fourth-order valence-corrected chi connectivity index (χ4v) is 1.47. The van der Waals surface area contributed by atoms with Crippen LogP contribution in [-0.2, 0) is 0 Å². The first-order chi connectivity index (χ1) is 6.77. The molecular weight excluding hydrogens is 217 g/mol. The maximum atomic E-state index is 5.91. The highest BCUT2D eigenvalue weighted by Crippen LogP contribution is 2.27. The normalized spacial score (nSPS) is 10.1. The molecule has 1 aromatic heterocycles. The van der Waals surface area contributed by atoms with E-state index in [0.29, 0.717) is 10.0 Å². The van der Waals surface area contributed by atoms with E-state index < -0.39 is 0 Å². The van der Waals surface area contributed by atoms with E-state index in [9.17, 15) is 0 Å². The van der Waals surface area contributed by atoms with Gasteiger partial charge < -0.3 is 0 Å². The van der Waals surface area contributed by atoms with Crippen molar-refractivity contribution in [1.82, 2.24) is 4.98 Å². The van der Waals surface area contributed by atoms with Crippen molar-refractivity contribution in [3.8, 4) is 11.1 Å². The Morgan fingerprint density at radius 2 is 1.86 bits per heavy atom. The Hall–Kier alpha value is -1.05. The Morgan fingerprint density at radius 3 is 2.50 bits per heavy atom. The molecule has 14 heavy (non-hydrogen) atoms. The Kier molecular flexibility index (Phi) is 2.71. The predicted molar refractivity (Wildman–Crippen MR) is 58.5 cm³/mol. The first-order valence-electron chi connectivity index (χ1n) is 4.05. The van der Waals surface area contributed by atoms with Crippen LogP contribution in [0, 0.1) is 6.20 Å². The Balaban J connectivity index is 2.48. The van der Waals surface area contributed by atoms with Crippen molar-refractivity contribution in [1.29, 1.82) is 0 Å². The Labute approximate surface area is 92.3 Å². The molecule has 0 saturated heterocycles. The summed E-state index contributed by atoms with van der Waals surface area (Å²) in [6, 6.07) is 9.22. The molecule has 0 N–H and O–H groups in total. The summed E-state index contributed by atoms with van der Waals surface area (Å²) < 4.78 is 0. The van der Waals surface area contributed by atoms with Gasteiger partial charge in [-0.05, 0) is 35.4 Å². The summed E-state index contributed by atoms with van der Waals surface area (Å²) in [4.78, 5) is 3.83. The summed E-state index contributed by atoms with van der Waals surface area (Å²) in [5.74, 6) is 0. The summed E-state index contributed by atoms with van der Waals surface area (Å²) >= 11 is 11.7. The molecule has 0 aliphatic heterocycles. The first kappa shape index (κ1) is 9.50. The number of hydrogen-bond donors (Lipinski definition) is 0. The van der Waals surface area contributed by atoms with Gasteiger partial charge in [-0.2, -0.15) is 0 Å². The van der Waals surface area contributed by atoms with Crippen LogP contribution in [-0.4, -0.2) is 4.98 Å². The highest BCUT2D eigenvalue weighted by atomic mass is 35.5. The molecule has 1 nitrogen and oxygen atoms in total. The van der Waals surface area contributed by atoms with E-state index in [1.165, 1.54) is 0 Å². The highest BCUT2D eigenvalue weighted by molar-refractivity contribution is 6.42. The molecule has 1 aromatic carbocycles. The average molecular weight is 223 g/mol. The molecule has 3 heteroatoms. The lowest BCUT2D eigenvalue weighted by Crippen LogP contribution is -1.79.